The van der Waals surface area contributed by atoms with E-state index in [9.17, 15) is 4.79 Å². The van der Waals surface area contributed by atoms with Crippen LogP contribution in [0.2, 0.25) is 0 Å². The second kappa shape index (κ2) is 8.35. The third-order valence-electron chi connectivity index (χ3n) is 5.75. The van der Waals surface area contributed by atoms with Crippen molar-refractivity contribution < 1.29 is 9.53 Å². The van der Waals surface area contributed by atoms with Gasteiger partial charge >= 0.3 is 0 Å². The summed E-state index contributed by atoms with van der Waals surface area (Å²) in [5.41, 5.74) is 4.35. The molecule has 1 amide bonds. The fraction of sp³-hybridized carbons (Fsp3) is 0.292. The van der Waals surface area contributed by atoms with Crippen molar-refractivity contribution in [3.8, 4) is 11.4 Å². The number of fused-ring (bicyclic) bond motifs is 1. The Labute approximate surface area is 180 Å². The molecule has 4 aromatic heterocycles. The van der Waals surface area contributed by atoms with Gasteiger partial charge in [0.2, 0.25) is 0 Å². The third-order valence-corrected chi connectivity index (χ3v) is 5.75. The average Bonchev–Trinajstić information content (AvgIpc) is 3.52. The van der Waals surface area contributed by atoms with Crippen LogP contribution in [0.15, 0.2) is 61.2 Å². The van der Waals surface area contributed by atoms with E-state index in [4.69, 9.17) is 9.72 Å². The molecule has 0 spiro atoms. The number of carbonyl (C=O) groups is 1. The fourth-order valence-electron chi connectivity index (χ4n) is 4.12. The molecular formula is C24H25N5O2. The highest BCUT2D eigenvalue weighted by Crippen LogP contribution is 2.26. The van der Waals surface area contributed by atoms with Crippen LogP contribution in [0.25, 0.3) is 16.9 Å². The molecule has 1 N–H and O–H groups in total. The lowest BCUT2D eigenvalue weighted by molar-refractivity contribution is 0.0859. The number of imidazole rings is 1. The van der Waals surface area contributed by atoms with Crippen molar-refractivity contribution in [2.45, 2.75) is 32.4 Å². The molecule has 5 heterocycles. The van der Waals surface area contributed by atoms with Gasteiger partial charge in [-0.3, -0.25) is 9.78 Å². The highest BCUT2D eigenvalue weighted by molar-refractivity contribution is 6.02. The molecule has 0 bridgehead atoms. The molecule has 4 aromatic rings. The van der Waals surface area contributed by atoms with Gasteiger partial charge in [0, 0.05) is 37.9 Å². The number of aryl methyl sites for hydroxylation is 1. The van der Waals surface area contributed by atoms with Crippen LogP contribution in [0.4, 0.5) is 0 Å². The lowest BCUT2D eigenvalue weighted by Crippen LogP contribution is -2.31. The van der Waals surface area contributed by atoms with E-state index in [0.29, 0.717) is 18.7 Å². The Morgan fingerprint density at radius 1 is 1.29 bits per heavy atom. The van der Waals surface area contributed by atoms with Crippen molar-refractivity contribution in [2.75, 3.05) is 13.2 Å². The predicted octanol–water partition coefficient (Wildman–Crippen LogP) is 3.46. The molecule has 1 atom stereocenters. The molecule has 158 valence electrons. The van der Waals surface area contributed by atoms with E-state index in [1.54, 1.807) is 6.20 Å². The third kappa shape index (κ3) is 3.96. The van der Waals surface area contributed by atoms with Gasteiger partial charge in [-0.2, -0.15) is 0 Å². The van der Waals surface area contributed by atoms with E-state index in [0.717, 1.165) is 47.7 Å². The first-order valence-electron chi connectivity index (χ1n) is 10.6. The monoisotopic (exact) mass is 415 g/mol. The zero-order valence-corrected chi connectivity index (χ0v) is 17.5. The van der Waals surface area contributed by atoms with Crippen molar-refractivity contribution in [1.82, 2.24) is 24.3 Å². The Balaban J connectivity index is 1.45. The maximum atomic E-state index is 13.0. The number of hydrogen-bond acceptors (Lipinski definition) is 4. The van der Waals surface area contributed by atoms with Crippen LogP contribution in [0.5, 0.6) is 0 Å². The van der Waals surface area contributed by atoms with Gasteiger partial charge in [-0.1, -0.05) is 12.1 Å². The smallest absolute Gasteiger partial charge is 0.253 e. The number of nitrogens with zero attached hydrogens (tertiary/aromatic N) is 4. The second-order valence-corrected chi connectivity index (χ2v) is 7.91. The molecule has 0 unspecified atom stereocenters. The number of nitrogens with one attached hydrogen (secondary N) is 1. The molecule has 0 radical (unpaired) electrons. The second-order valence-electron chi connectivity index (χ2n) is 7.91. The maximum Gasteiger partial charge on any atom is 0.253 e. The van der Waals surface area contributed by atoms with Crippen LogP contribution in [0.3, 0.4) is 0 Å². The largest absolute Gasteiger partial charge is 0.376 e. The summed E-state index contributed by atoms with van der Waals surface area (Å²) in [7, 11) is 0. The van der Waals surface area contributed by atoms with E-state index in [1.807, 2.05) is 60.2 Å². The van der Waals surface area contributed by atoms with Gasteiger partial charge < -0.3 is 19.0 Å². The number of rotatable bonds is 6. The minimum atomic E-state index is -0.0861. The topological polar surface area (TPSA) is 73.4 Å². The van der Waals surface area contributed by atoms with Crippen molar-refractivity contribution in [3.63, 3.8) is 0 Å². The van der Waals surface area contributed by atoms with Crippen LogP contribution in [-0.2, 0) is 11.3 Å². The van der Waals surface area contributed by atoms with Gasteiger partial charge in [0.25, 0.3) is 5.91 Å². The summed E-state index contributed by atoms with van der Waals surface area (Å²) >= 11 is 0. The van der Waals surface area contributed by atoms with Crippen molar-refractivity contribution in [2.24, 2.45) is 0 Å². The maximum absolute atomic E-state index is 13.0. The molecule has 5 rings (SSSR count). The molecule has 1 aliphatic heterocycles. The van der Waals surface area contributed by atoms with Gasteiger partial charge in [-0.15, -0.1) is 0 Å². The van der Waals surface area contributed by atoms with Crippen LogP contribution in [0, 0.1) is 6.92 Å². The molecule has 1 fully saturated rings. The van der Waals surface area contributed by atoms with Crippen molar-refractivity contribution in [1.29, 1.82) is 0 Å². The minimum Gasteiger partial charge on any atom is -0.376 e. The molecule has 31 heavy (non-hydrogen) atoms. The van der Waals surface area contributed by atoms with Gasteiger partial charge in [-0.25, -0.2) is 4.98 Å². The van der Waals surface area contributed by atoms with E-state index in [1.165, 1.54) is 0 Å². The number of carbonyl (C=O) groups excluding carboxylic acids is 1. The summed E-state index contributed by atoms with van der Waals surface area (Å²) in [4.78, 5) is 21.9. The first-order valence-corrected chi connectivity index (χ1v) is 10.6. The fourth-order valence-corrected chi connectivity index (χ4v) is 4.12. The summed E-state index contributed by atoms with van der Waals surface area (Å²) in [5, 5.41) is 3.04. The quantitative estimate of drug-likeness (QED) is 0.523. The summed E-state index contributed by atoms with van der Waals surface area (Å²) < 4.78 is 9.76. The Morgan fingerprint density at radius 2 is 2.23 bits per heavy atom. The lowest BCUT2D eigenvalue weighted by atomic mass is 10.2. The molecule has 1 aliphatic rings. The first kappa shape index (κ1) is 19.5. The molecular weight excluding hydrogens is 390 g/mol. The Morgan fingerprint density at radius 3 is 3.03 bits per heavy atom. The molecule has 0 aliphatic carbocycles. The predicted molar refractivity (Wildman–Crippen MR) is 118 cm³/mol. The van der Waals surface area contributed by atoms with Crippen molar-refractivity contribution in [3.05, 3.63) is 78.1 Å². The van der Waals surface area contributed by atoms with Gasteiger partial charge in [0.15, 0.2) is 0 Å². The van der Waals surface area contributed by atoms with Crippen LogP contribution >= 0.6 is 0 Å². The summed E-state index contributed by atoms with van der Waals surface area (Å²) in [6.07, 6.45) is 9.80. The zero-order valence-electron chi connectivity index (χ0n) is 17.5. The van der Waals surface area contributed by atoms with Crippen LogP contribution < -0.4 is 5.32 Å². The Bertz CT molecular complexity index is 1210. The summed E-state index contributed by atoms with van der Waals surface area (Å²) in [6, 6.07) is 11.8. The molecule has 7 nitrogen and oxygen atoms in total. The summed E-state index contributed by atoms with van der Waals surface area (Å²) in [6.45, 7) is 4.01. The Kier molecular flexibility index (Phi) is 5.26. The standard InChI is InChI=1S/C24H25N5O2/c1-17-27-21(16-28(17)15-18-6-4-9-25-13-18)23-12-20(22-8-2-3-10-29(22)23)24(30)26-14-19-7-5-11-31-19/h2-4,6,8-10,12-13,16,19H,5,7,11,14-15H2,1H3,(H,26,30)/t19-/m0/s1. The van der Waals surface area contributed by atoms with Crippen LogP contribution in [0.1, 0.15) is 34.6 Å². The Hall–Kier alpha value is -3.45. The first-order chi connectivity index (χ1) is 15.2. The average molecular weight is 415 g/mol. The van der Waals surface area contributed by atoms with Crippen LogP contribution in [-0.4, -0.2) is 44.1 Å². The zero-order chi connectivity index (χ0) is 21.2. The highest BCUT2D eigenvalue weighted by Gasteiger charge is 2.21. The van der Waals surface area contributed by atoms with Gasteiger partial charge in [-0.05, 0) is 49.6 Å². The highest BCUT2D eigenvalue weighted by atomic mass is 16.5. The number of hydrogen-bond donors (Lipinski definition) is 1. The normalized spacial score (nSPS) is 16.1. The lowest BCUT2D eigenvalue weighted by Gasteiger charge is -2.10. The minimum absolute atomic E-state index is 0.0861. The number of aromatic nitrogens is 4. The van der Waals surface area contributed by atoms with E-state index >= 15 is 0 Å². The van der Waals surface area contributed by atoms with E-state index in [-0.39, 0.29) is 12.0 Å². The van der Waals surface area contributed by atoms with E-state index in [2.05, 4.69) is 20.9 Å². The molecule has 0 saturated carbocycles. The number of ether oxygens (including phenoxy) is 1. The molecule has 1 saturated heterocycles. The SMILES string of the molecule is Cc1nc(-c2cc(C(=O)NC[C@@H]3CCCO3)c3ccccn23)cn1Cc1cccnc1. The molecule has 0 aromatic carbocycles. The van der Waals surface area contributed by atoms with Gasteiger partial charge in [0.05, 0.1) is 29.4 Å². The molecule has 7 heteroatoms. The summed E-state index contributed by atoms with van der Waals surface area (Å²) in [5.74, 6) is 0.825. The number of amides is 1. The van der Waals surface area contributed by atoms with E-state index < -0.39 is 0 Å². The van der Waals surface area contributed by atoms with Crippen molar-refractivity contribution >= 4 is 11.4 Å². The number of pyridine rings is 2. The van der Waals surface area contributed by atoms with Gasteiger partial charge in [0.1, 0.15) is 11.5 Å².